The summed E-state index contributed by atoms with van der Waals surface area (Å²) in [4.78, 5) is 68.7. The summed E-state index contributed by atoms with van der Waals surface area (Å²) < 4.78 is 12.6. The standard InChI is InChI=1S/C36H51N7O7/c1-3-5-22-49-36(48)38-26-17-20-41(21-18-26)35(47)28(11-4-2)39-33(45)29-23-32(43(40-29)27-14-7-6-8-15-27)50-24-31(44)42-19-10-16-30(42)34(46)37-25-12-9-13-25/h6-8,14-15,23,25-26,28,30H,3-5,9-13,16-22,24H2,1-2H3,(H,37,46)(H,38,48)(H,39,45)/t28-,30-/m0/s1. The van der Waals surface area contributed by atoms with Crippen LogP contribution in [0.1, 0.15) is 95.0 Å². The zero-order chi connectivity index (χ0) is 35.5. The van der Waals surface area contributed by atoms with Crippen molar-refractivity contribution in [2.45, 2.75) is 109 Å². The van der Waals surface area contributed by atoms with Gasteiger partial charge in [-0.25, -0.2) is 9.48 Å². The second kappa shape index (κ2) is 17.9. The van der Waals surface area contributed by atoms with Crippen LogP contribution < -0.4 is 20.7 Å². The number of rotatable bonds is 15. The molecule has 3 aliphatic rings. The molecule has 2 aliphatic heterocycles. The minimum atomic E-state index is -0.762. The first-order valence-corrected chi connectivity index (χ1v) is 18.2. The average molecular weight is 694 g/mol. The molecule has 1 saturated carbocycles. The molecule has 3 N–H and O–H groups in total. The summed E-state index contributed by atoms with van der Waals surface area (Å²) >= 11 is 0. The fourth-order valence-electron chi connectivity index (χ4n) is 6.50. The van der Waals surface area contributed by atoms with Crippen molar-refractivity contribution >= 4 is 29.7 Å². The Bertz CT molecular complexity index is 1470. The van der Waals surface area contributed by atoms with Crippen molar-refractivity contribution in [2.24, 2.45) is 0 Å². The van der Waals surface area contributed by atoms with Gasteiger partial charge in [-0.05, 0) is 69.9 Å². The number of nitrogens with zero attached hydrogens (tertiary/aromatic N) is 4. The topological polar surface area (TPSA) is 164 Å². The minimum absolute atomic E-state index is 0.0358. The van der Waals surface area contributed by atoms with E-state index in [1.54, 1.807) is 21.9 Å². The summed E-state index contributed by atoms with van der Waals surface area (Å²) in [5.41, 5.74) is 0.661. The van der Waals surface area contributed by atoms with Crippen LogP contribution in [-0.2, 0) is 19.1 Å². The third kappa shape index (κ3) is 9.54. The Labute approximate surface area is 293 Å². The first-order valence-electron chi connectivity index (χ1n) is 18.2. The van der Waals surface area contributed by atoms with Crippen molar-refractivity contribution in [3.05, 3.63) is 42.1 Å². The highest BCUT2D eigenvalue weighted by Crippen LogP contribution is 2.24. The number of carbonyl (C=O) groups is 5. The number of piperidine rings is 1. The molecule has 14 heteroatoms. The molecule has 0 unspecified atom stereocenters. The van der Waals surface area contributed by atoms with E-state index in [-0.39, 0.29) is 48.0 Å². The van der Waals surface area contributed by atoms with Gasteiger partial charge in [0.05, 0.1) is 12.3 Å². The predicted molar refractivity (Wildman–Crippen MR) is 185 cm³/mol. The van der Waals surface area contributed by atoms with Gasteiger partial charge >= 0.3 is 6.09 Å². The Kier molecular flexibility index (Phi) is 13.1. The molecule has 5 rings (SSSR count). The lowest BCUT2D eigenvalue weighted by molar-refractivity contribution is -0.140. The van der Waals surface area contributed by atoms with Gasteiger partial charge in [-0.15, -0.1) is 0 Å². The Morgan fingerprint density at radius 2 is 1.64 bits per heavy atom. The molecule has 0 radical (unpaired) electrons. The zero-order valence-corrected chi connectivity index (χ0v) is 29.2. The molecule has 2 atom stereocenters. The van der Waals surface area contributed by atoms with Gasteiger partial charge in [0.2, 0.25) is 17.7 Å². The largest absolute Gasteiger partial charge is 0.467 e. The Balaban J connectivity index is 1.20. The van der Waals surface area contributed by atoms with E-state index in [0.717, 1.165) is 38.5 Å². The van der Waals surface area contributed by atoms with Gasteiger partial charge in [-0.1, -0.05) is 44.9 Å². The van der Waals surface area contributed by atoms with Crippen LogP contribution in [0, 0.1) is 0 Å². The quantitative estimate of drug-likeness (QED) is 0.239. The van der Waals surface area contributed by atoms with Crippen LogP contribution in [-0.4, -0.2) is 106 Å². The van der Waals surface area contributed by atoms with Gasteiger partial charge < -0.3 is 35.2 Å². The number of aromatic nitrogens is 2. The van der Waals surface area contributed by atoms with Crippen LogP contribution in [0.2, 0.25) is 0 Å². The maximum absolute atomic E-state index is 13.6. The van der Waals surface area contributed by atoms with Crippen molar-refractivity contribution in [1.29, 1.82) is 0 Å². The summed E-state index contributed by atoms with van der Waals surface area (Å²) in [6.07, 6.45) is 7.99. The summed E-state index contributed by atoms with van der Waals surface area (Å²) in [5, 5.41) is 13.3. The number of benzene rings is 1. The molecule has 3 heterocycles. The Morgan fingerprint density at radius 3 is 2.32 bits per heavy atom. The second-order valence-electron chi connectivity index (χ2n) is 13.3. The van der Waals surface area contributed by atoms with E-state index in [9.17, 15) is 24.0 Å². The van der Waals surface area contributed by atoms with Gasteiger partial charge in [-0.3, -0.25) is 19.2 Å². The van der Waals surface area contributed by atoms with E-state index in [1.165, 1.54) is 10.7 Å². The number of nitrogens with one attached hydrogen (secondary N) is 3. The van der Waals surface area contributed by atoms with E-state index in [4.69, 9.17) is 9.47 Å². The summed E-state index contributed by atoms with van der Waals surface area (Å²) in [6, 6.07) is 9.40. The van der Waals surface area contributed by atoms with E-state index in [2.05, 4.69) is 21.0 Å². The minimum Gasteiger partial charge on any atom is -0.467 e. The van der Waals surface area contributed by atoms with Crippen molar-refractivity contribution in [2.75, 3.05) is 32.8 Å². The molecule has 5 amide bonds. The highest BCUT2D eigenvalue weighted by molar-refractivity contribution is 5.96. The second-order valence-corrected chi connectivity index (χ2v) is 13.3. The number of amides is 5. The maximum atomic E-state index is 13.6. The first kappa shape index (κ1) is 36.7. The number of hydrogen-bond acceptors (Lipinski definition) is 8. The van der Waals surface area contributed by atoms with Gasteiger partial charge in [-0.2, -0.15) is 5.10 Å². The number of likely N-dealkylation sites (tertiary alicyclic amines) is 2. The maximum Gasteiger partial charge on any atom is 0.407 e. The smallest absolute Gasteiger partial charge is 0.407 e. The van der Waals surface area contributed by atoms with Crippen LogP contribution in [0.25, 0.3) is 5.69 Å². The van der Waals surface area contributed by atoms with Crippen LogP contribution in [0.4, 0.5) is 4.79 Å². The molecule has 0 bridgehead atoms. The molecule has 1 aromatic carbocycles. The van der Waals surface area contributed by atoms with Crippen LogP contribution in [0.15, 0.2) is 36.4 Å². The van der Waals surface area contributed by atoms with E-state index >= 15 is 0 Å². The number of alkyl carbamates (subject to hydrolysis) is 1. The van der Waals surface area contributed by atoms with E-state index in [1.807, 2.05) is 32.0 Å². The summed E-state index contributed by atoms with van der Waals surface area (Å²) in [5.74, 6) is -0.973. The fraction of sp³-hybridized carbons (Fsp3) is 0.611. The van der Waals surface area contributed by atoms with Gasteiger partial charge in [0.1, 0.15) is 12.1 Å². The highest BCUT2D eigenvalue weighted by atomic mass is 16.5. The Morgan fingerprint density at radius 1 is 0.900 bits per heavy atom. The molecule has 50 heavy (non-hydrogen) atoms. The van der Waals surface area contributed by atoms with Crippen LogP contribution >= 0.6 is 0 Å². The van der Waals surface area contributed by atoms with Crippen molar-refractivity contribution in [3.63, 3.8) is 0 Å². The summed E-state index contributed by atoms with van der Waals surface area (Å²) in [6.45, 7) is 5.40. The summed E-state index contributed by atoms with van der Waals surface area (Å²) in [7, 11) is 0. The molecular weight excluding hydrogens is 642 g/mol. The van der Waals surface area contributed by atoms with Crippen molar-refractivity contribution in [3.8, 4) is 11.6 Å². The third-order valence-corrected chi connectivity index (χ3v) is 9.62. The Hall–Kier alpha value is -4.62. The van der Waals surface area contributed by atoms with E-state index in [0.29, 0.717) is 64.0 Å². The van der Waals surface area contributed by atoms with Crippen LogP contribution in [0.5, 0.6) is 5.88 Å². The monoisotopic (exact) mass is 693 g/mol. The number of unbranched alkanes of at least 4 members (excludes halogenated alkanes) is 1. The zero-order valence-electron chi connectivity index (χ0n) is 29.2. The fourth-order valence-corrected chi connectivity index (χ4v) is 6.50. The molecule has 3 fully saturated rings. The number of carbonyl (C=O) groups excluding carboxylic acids is 5. The van der Waals surface area contributed by atoms with Crippen LogP contribution in [0.3, 0.4) is 0 Å². The average Bonchev–Trinajstić information content (AvgIpc) is 3.78. The molecular formula is C36H51N7O7. The number of hydrogen-bond donors (Lipinski definition) is 3. The molecule has 2 saturated heterocycles. The normalized spacial score (nSPS) is 18.6. The lowest BCUT2D eigenvalue weighted by Crippen LogP contribution is -2.53. The molecule has 2 aromatic rings. The number of ether oxygens (including phenoxy) is 2. The number of para-hydroxylation sites is 1. The molecule has 0 spiro atoms. The highest BCUT2D eigenvalue weighted by Gasteiger charge is 2.36. The van der Waals surface area contributed by atoms with Gasteiger partial charge in [0.15, 0.2) is 12.3 Å². The molecule has 14 nitrogen and oxygen atoms in total. The van der Waals surface area contributed by atoms with E-state index < -0.39 is 24.1 Å². The van der Waals surface area contributed by atoms with Gasteiger partial charge in [0, 0.05) is 37.8 Å². The molecule has 1 aromatic heterocycles. The lowest BCUT2D eigenvalue weighted by atomic mass is 9.93. The molecule has 272 valence electrons. The van der Waals surface area contributed by atoms with Gasteiger partial charge in [0.25, 0.3) is 11.8 Å². The molecule has 1 aliphatic carbocycles. The van der Waals surface area contributed by atoms with Crippen molar-refractivity contribution < 1.29 is 33.4 Å². The lowest BCUT2D eigenvalue weighted by Gasteiger charge is -2.34. The predicted octanol–water partition coefficient (Wildman–Crippen LogP) is 3.33. The van der Waals surface area contributed by atoms with Crippen molar-refractivity contribution in [1.82, 2.24) is 35.5 Å². The first-order chi connectivity index (χ1) is 24.3. The third-order valence-electron chi connectivity index (χ3n) is 9.62. The SMILES string of the molecule is CCCCOC(=O)NC1CCN(C(=O)[C@H](CCC)NC(=O)c2cc(OCC(=O)N3CCC[C@H]3C(=O)NC3CCC3)n(-c3ccccc3)n2)CC1.